The number of ketones is 2. The van der Waals surface area contributed by atoms with Crippen molar-refractivity contribution in [2.24, 2.45) is 28.1 Å². The molecule has 2 N–H and O–H groups in total. The summed E-state index contributed by atoms with van der Waals surface area (Å²) in [7, 11) is 1.65. The van der Waals surface area contributed by atoms with Crippen molar-refractivity contribution in [3.8, 4) is 0 Å². The first-order valence-electron chi connectivity index (χ1n) is 20.5. The minimum atomic E-state index is -1.22. The zero-order chi connectivity index (χ0) is 42.1. The molecule has 4 saturated heterocycles. The highest BCUT2D eigenvalue weighted by atomic mass is 16.7. The smallest absolute Gasteiger partial charge is 0.310 e. The lowest BCUT2D eigenvalue weighted by molar-refractivity contribution is -0.335. The van der Waals surface area contributed by atoms with E-state index < -0.39 is 59.4 Å². The molecule has 0 aromatic carbocycles. The van der Waals surface area contributed by atoms with Gasteiger partial charge in [-0.2, -0.15) is 0 Å². The molecule has 1 spiro atoms. The van der Waals surface area contributed by atoms with Crippen LogP contribution >= 0.6 is 0 Å². The van der Waals surface area contributed by atoms with E-state index >= 15 is 0 Å². The van der Waals surface area contributed by atoms with Crippen molar-refractivity contribution < 1.29 is 52.3 Å². The van der Waals surface area contributed by atoms with Gasteiger partial charge in [0.25, 0.3) is 0 Å². The molecule has 4 heterocycles. The van der Waals surface area contributed by atoms with Crippen molar-refractivity contribution in [3.05, 3.63) is 0 Å². The van der Waals surface area contributed by atoms with Gasteiger partial charge in [0, 0.05) is 85.0 Å². The Morgan fingerprint density at radius 3 is 1.34 bits per heavy atom. The molecule has 322 valence electrons. The van der Waals surface area contributed by atoms with E-state index in [9.17, 15) is 19.2 Å². The number of methoxy groups -OCH3 is 1. The van der Waals surface area contributed by atoms with Gasteiger partial charge in [0.15, 0.2) is 12.6 Å². The summed E-state index contributed by atoms with van der Waals surface area (Å²) in [5, 5.41) is 7.19. The SMILES string of the molecule is COCC(C)(C)C1OCC2(CO1)COC(C(C)(C)CC(=O)CC(C(=O)OC1CC(C)(C)NC(C)(C)C1)C(CC(C)=O)C(=O)OC1CC(C)(C)NC(C)(C)C1)OC2. The molecular weight excluding hydrogens is 720 g/mol. The fourth-order valence-electron chi connectivity index (χ4n) is 9.82. The lowest BCUT2D eigenvalue weighted by Crippen LogP contribution is -2.60. The molecule has 4 fully saturated rings. The monoisotopic (exact) mass is 795 g/mol. The minimum absolute atomic E-state index is 0.000646. The molecule has 0 saturated carbocycles. The number of Topliss-reactive ketones (excluding diaryl/α,β-unsaturated/α-hetero) is 2. The molecule has 0 amide bonds. The van der Waals surface area contributed by atoms with E-state index in [1.165, 1.54) is 6.92 Å². The number of nitrogens with one attached hydrogen (secondary N) is 2. The lowest BCUT2D eigenvalue weighted by atomic mass is 9.78. The van der Waals surface area contributed by atoms with Gasteiger partial charge in [-0.25, -0.2) is 0 Å². The summed E-state index contributed by atoms with van der Waals surface area (Å²) in [5.41, 5.74) is -2.85. The highest BCUT2D eigenvalue weighted by Gasteiger charge is 2.50. The summed E-state index contributed by atoms with van der Waals surface area (Å²) < 4.78 is 42.5. The molecule has 0 radical (unpaired) electrons. The largest absolute Gasteiger partial charge is 0.462 e. The highest BCUT2D eigenvalue weighted by Crippen LogP contribution is 2.41. The van der Waals surface area contributed by atoms with Crippen molar-refractivity contribution in [2.45, 2.75) is 182 Å². The van der Waals surface area contributed by atoms with E-state index in [2.05, 4.69) is 66.0 Å². The number of esters is 2. The van der Waals surface area contributed by atoms with E-state index in [0.717, 1.165) is 0 Å². The number of hydrogen-bond donors (Lipinski definition) is 2. The average molecular weight is 795 g/mol. The van der Waals surface area contributed by atoms with Crippen molar-refractivity contribution >= 4 is 23.5 Å². The zero-order valence-electron chi connectivity index (χ0n) is 36.9. The molecule has 13 heteroatoms. The van der Waals surface area contributed by atoms with Crippen LogP contribution in [0.15, 0.2) is 0 Å². The minimum Gasteiger partial charge on any atom is -0.462 e. The van der Waals surface area contributed by atoms with Gasteiger partial charge in [-0.05, 0) is 62.3 Å². The normalized spacial score (nSPS) is 29.2. The first-order valence-corrected chi connectivity index (χ1v) is 20.5. The quantitative estimate of drug-likeness (QED) is 0.195. The van der Waals surface area contributed by atoms with Crippen LogP contribution in [0.25, 0.3) is 0 Å². The summed E-state index contributed by atoms with van der Waals surface area (Å²) in [5.74, 6) is -4.29. The molecule has 0 aromatic rings. The first-order chi connectivity index (χ1) is 25.6. The van der Waals surface area contributed by atoms with E-state index in [0.29, 0.717) is 58.7 Å². The van der Waals surface area contributed by atoms with Gasteiger partial charge in [0.1, 0.15) is 23.8 Å². The van der Waals surface area contributed by atoms with E-state index in [1.807, 2.05) is 27.7 Å². The Hall–Kier alpha value is -2.00. The van der Waals surface area contributed by atoms with Gasteiger partial charge < -0.3 is 48.6 Å². The van der Waals surface area contributed by atoms with Gasteiger partial charge in [-0.3, -0.25) is 14.4 Å². The molecular formula is C43H74N2O11. The standard InChI is InChI=1S/C43H74N2O11/c1-27(46)15-31(33(48)55-29-18-39(6,7)44-40(8,9)19-29)32(34(49)56-30-20-41(10,11)45-42(12,13)21-30)16-28(47)17-37(2,3)35-51-23-43(24-52-35)25-53-36(54-26-43)38(4,5)22-50-14/h29-32,35-36,44-45H,15-26H2,1-14H3. The number of carbonyl (C=O) groups is 4. The second-order valence-electron chi connectivity index (χ2n) is 21.6. The van der Waals surface area contributed by atoms with Gasteiger partial charge in [0.05, 0.1) is 50.3 Å². The van der Waals surface area contributed by atoms with Crippen LogP contribution in [0, 0.1) is 28.1 Å². The molecule has 0 bridgehead atoms. The summed E-state index contributed by atoms with van der Waals surface area (Å²) >= 11 is 0. The number of ether oxygens (including phenoxy) is 7. The van der Waals surface area contributed by atoms with Gasteiger partial charge in [-0.1, -0.05) is 27.7 Å². The van der Waals surface area contributed by atoms with Gasteiger partial charge in [0.2, 0.25) is 0 Å². The predicted molar refractivity (Wildman–Crippen MR) is 211 cm³/mol. The molecule has 0 aliphatic carbocycles. The maximum absolute atomic E-state index is 14.4. The predicted octanol–water partition coefficient (Wildman–Crippen LogP) is 5.68. The van der Waals surface area contributed by atoms with Crippen LogP contribution in [-0.4, -0.2) is 111 Å². The maximum atomic E-state index is 14.4. The Bertz CT molecular complexity index is 1370. The van der Waals surface area contributed by atoms with Crippen LogP contribution in [0.4, 0.5) is 0 Å². The van der Waals surface area contributed by atoms with Crippen LogP contribution in [-0.2, 0) is 52.3 Å². The first kappa shape index (κ1) is 46.7. The fraction of sp³-hybridized carbons (Fsp3) is 0.907. The molecule has 56 heavy (non-hydrogen) atoms. The molecule has 0 aromatic heterocycles. The third-order valence-corrected chi connectivity index (χ3v) is 11.5. The van der Waals surface area contributed by atoms with Crippen LogP contribution in [0.1, 0.15) is 135 Å². The average Bonchev–Trinajstić information content (AvgIpc) is 2.99. The topological polar surface area (TPSA) is 157 Å². The lowest BCUT2D eigenvalue weighted by Gasteiger charge is -2.48. The summed E-state index contributed by atoms with van der Waals surface area (Å²) in [6, 6.07) is 0. The Morgan fingerprint density at radius 2 is 0.982 bits per heavy atom. The van der Waals surface area contributed by atoms with Crippen LogP contribution in [0.2, 0.25) is 0 Å². The molecule has 2 unspecified atom stereocenters. The molecule has 2 atom stereocenters. The third-order valence-electron chi connectivity index (χ3n) is 11.5. The van der Waals surface area contributed by atoms with Crippen molar-refractivity contribution in [1.82, 2.24) is 10.6 Å². The Labute approximate surface area is 336 Å². The van der Waals surface area contributed by atoms with Crippen LogP contribution in [0.5, 0.6) is 0 Å². The molecule has 4 aliphatic heterocycles. The van der Waals surface area contributed by atoms with E-state index in [4.69, 9.17) is 33.2 Å². The Morgan fingerprint density at radius 1 is 0.625 bits per heavy atom. The second kappa shape index (κ2) is 17.3. The van der Waals surface area contributed by atoms with Gasteiger partial charge in [-0.15, -0.1) is 0 Å². The van der Waals surface area contributed by atoms with E-state index in [-0.39, 0.29) is 58.4 Å². The Kier molecular flexibility index (Phi) is 14.4. The second-order valence-corrected chi connectivity index (χ2v) is 21.6. The number of carbonyl (C=O) groups excluding carboxylic acids is 4. The molecule has 13 nitrogen and oxygen atoms in total. The highest BCUT2D eigenvalue weighted by molar-refractivity contribution is 5.91. The summed E-state index contributed by atoms with van der Waals surface area (Å²) in [6.07, 6.45) is -0.348. The zero-order valence-corrected chi connectivity index (χ0v) is 36.9. The molecule has 4 rings (SSSR count). The van der Waals surface area contributed by atoms with E-state index in [1.54, 1.807) is 7.11 Å². The van der Waals surface area contributed by atoms with Crippen molar-refractivity contribution in [1.29, 1.82) is 0 Å². The van der Waals surface area contributed by atoms with Gasteiger partial charge >= 0.3 is 11.9 Å². The summed E-state index contributed by atoms with van der Waals surface area (Å²) in [6.45, 7) is 27.6. The van der Waals surface area contributed by atoms with Crippen molar-refractivity contribution in [2.75, 3.05) is 40.1 Å². The number of hydrogen-bond acceptors (Lipinski definition) is 13. The number of rotatable bonds is 15. The molecule has 4 aliphatic rings. The maximum Gasteiger partial charge on any atom is 0.310 e. The van der Waals surface area contributed by atoms with Crippen LogP contribution in [0.3, 0.4) is 0 Å². The number of piperidine rings is 2. The fourth-order valence-corrected chi connectivity index (χ4v) is 9.82. The van der Waals surface area contributed by atoms with Crippen molar-refractivity contribution in [3.63, 3.8) is 0 Å². The third kappa shape index (κ3) is 12.7. The summed E-state index contributed by atoms with van der Waals surface area (Å²) in [4.78, 5) is 55.5. The Balaban J connectivity index is 1.50. The van der Waals surface area contributed by atoms with Crippen LogP contribution < -0.4 is 10.6 Å².